The Morgan fingerprint density at radius 1 is 1.14 bits per heavy atom. The molecule has 0 amide bonds. The number of benzene rings is 2. The molecule has 0 spiro atoms. The number of halogens is 1. The minimum Gasteiger partial charge on any atom is -0.389 e. The largest absolute Gasteiger partial charge is 0.389 e. The SMILES string of the molecule is CC(O)c1ccc(Sc2ncnc3ccccc23)c(F)c1. The van der Waals surface area contributed by atoms with E-state index in [1.165, 1.54) is 24.2 Å². The summed E-state index contributed by atoms with van der Waals surface area (Å²) in [4.78, 5) is 8.90. The van der Waals surface area contributed by atoms with E-state index in [2.05, 4.69) is 9.97 Å². The molecule has 1 atom stereocenters. The topological polar surface area (TPSA) is 46.0 Å². The molecule has 3 rings (SSSR count). The van der Waals surface area contributed by atoms with Crippen LogP contribution in [0.3, 0.4) is 0 Å². The molecule has 1 unspecified atom stereocenters. The molecular weight excluding hydrogens is 287 g/mol. The van der Waals surface area contributed by atoms with Gasteiger partial charge >= 0.3 is 0 Å². The van der Waals surface area contributed by atoms with Crippen LogP contribution in [0.25, 0.3) is 10.9 Å². The predicted molar refractivity (Wildman–Crippen MR) is 80.7 cm³/mol. The van der Waals surface area contributed by atoms with Crippen LogP contribution in [-0.4, -0.2) is 15.1 Å². The van der Waals surface area contributed by atoms with Crippen molar-refractivity contribution in [2.45, 2.75) is 22.9 Å². The van der Waals surface area contributed by atoms with E-state index in [9.17, 15) is 9.50 Å². The van der Waals surface area contributed by atoms with Gasteiger partial charge in [0.2, 0.25) is 0 Å². The van der Waals surface area contributed by atoms with Gasteiger partial charge in [-0.1, -0.05) is 36.0 Å². The molecule has 2 aromatic carbocycles. The van der Waals surface area contributed by atoms with Gasteiger partial charge in [-0.05, 0) is 30.7 Å². The smallest absolute Gasteiger partial charge is 0.137 e. The highest BCUT2D eigenvalue weighted by Gasteiger charge is 2.11. The second-order valence-corrected chi connectivity index (χ2v) is 5.69. The average Bonchev–Trinajstić information content (AvgIpc) is 2.49. The lowest BCUT2D eigenvalue weighted by molar-refractivity contribution is 0.198. The Labute approximate surface area is 125 Å². The first-order valence-corrected chi connectivity index (χ1v) is 7.32. The van der Waals surface area contributed by atoms with E-state index in [-0.39, 0.29) is 5.82 Å². The second-order valence-electron chi connectivity index (χ2n) is 4.66. The highest BCUT2D eigenvalue weighted by molar-refractivity contribution is 7.99. The zero-order chi connectivity index (χ0) is 14.8. The van der Waals surface area contributed by atoms with Gasteiger partial charge in [-0.2, -0.15) is 0 Å². The van der Waals surface area contributed by atoms with E-state index in [4.69, 9.17) is 0 Å². The molecule has 0 aliphatic carbocycles. The summed E-state index contributed by atoms with van der Waals surface area (Å²) in [6, 6.07) is 12.4. The molecule has 3 aromatic rings. The van der Waals surface area contributed by atoms with Crippen molar-refractivity contribution in [3.05, 3.63) is 60.2 Å². The van der Waals surface area contributed by atoms with Crippen LogP contribution >= 0.6 is 11.8 Å². The maximum atomic E-state index is 14.1. The molecule has 0 bridgehead atoms. The summed E-state index contributed by atoms with van der Waals surface area (Å²) in [5.41, 5.74) is 1.39. The summed E-state index contributed by atoms with van der Waals surface area (Å²) in [5.74, 6) is -0.360. The van der Waals surface area contributed by atoms with Crippen LogP contribution < -0.4 is 0 Å². The summed E-state index contributed by atoms with van der Waals surface area (Å²) in [7, 11) is 0. The number of hydrogen-bond acceptors (Lipinski definition) is 4. The van der Waals surface area contributed by atoms with Gasteiger partial charge in [-0.15, -0.1) is 0 Å². The summed E-state index contributed by atoms with van der Waals surface area (Å²) in [6.07, 6.45) is 0.797. The van der Waals surface area contributed by atoms with E-state index in [0.717, 1.165) is 10.9 Å². The fourth-order valence-electron chi connectivity index (χ4n) is 2.03. The van der Waals surface area contributed by atoms with Gasteiger partial charge in [0, 0.05) is 10.3 Å². The van der Waals surface area contributed by atoms with E-state index in [0.29, 0.717) is 15.5 Å². The minimum absolute atomic E-state index is 0.360. The van der Waals surface area contributed by atoms with Crippen LogP contribution in [0.1, 0.15) is 18.6 Å². The van der Waals surface area contributed by atoms with Crippen molar-refractivity contribution in [3.8, 4) is 0 Å². The maximum Gasteiger partial charge on any atom is 0.137 e. The van der Waals surface area contributed by atoms with Gasteiger partial charge in [-0.25, -0.2) is 14.4 Å². The Morgan fingerprint density at radius 3 is 2.71 bits per heavy atom. The number of aliphatic hydroxyl groups is 1. The number of aromatic nitrogens is 2. The van der Waals surface area contributed by atoms with Gasteiger partial charge < -0.3 is 5.11 Å². The molecule has 0 aliphatic rings. The summed E-state index contributed by atoms with van der Waals surface area (Å²) in [5, 5.41) is 11.1. The third-order valence-corrected chi connectivity index (χ3v) is 4.22. The Morgan fingerprint density at radius 2 is 1.95 bits per heavy atom. The zero-order valence-electron chi connectivity index (χ0n) is 11.3. The van der Waals surface area contributed by atoms with Crippen molar-refractivity contribution in [1.82, 2.24) is 9.97 Å². The number of para-hydroxylation sites is 1. The van der Waals surface area contributed by atoms with Crippen LogP contribution in [0.15, 0.2) is 58.7 Å². The monoisotopic (exact) mass is 300 g/mol. The van der Waals surface area contributed by atoms with Crippen molar-refractivity contribution in [2.75, 3.05) is 0 Å². The summed E-state index contributed by atoms with van der Waals surface area (Å²) in [6.45, 7) is 1.61. The van der Waals surface area contributed by atoms with E-state index >= 15 is 0 Å². The number of aliphatic hydroxyl groups excluding tert-OH is 1. The first-order valence-electron chi connectivity index (χ1n) is 6.50. The highest BCUT2D eigenvalue weighted by Crippen LogP contribution is 2.33. The molecule has 1 N–H and O–H groups in total. The third-order valence-electron chi connectivity index (χ3n) is 3.15. The van der Waals surface area contributed by atoms with E-state index < -0.39 is 6.10 Å². The van der Waals surface area contributed by atoms with Crippen LogP contribution in [0.2, 0.25) is 0 Å². The van der Waals surface area contributed by atoms with Crippen LogP contribution in [0.5, 0.6) is 0 Å². The Balaban J connectivity index is 1.99. The lowest BCUT2D eigenvalue weighted by Crippen LogP contribution is -1.93. The highest BCUT2D eigenvalue weighted by atomic mass is 32.2. The van der Waals surface area contributed by atoms with Gasteiger partial charge in [0.15, 0.2) is 0 Å². The van der Waals surface area contributed by atoms with Crippen molar-refractivity contribution in [1.29, 1.82) is 0 Å². The third kappa shape index (κ3) is 2.89. The average molecular weight is 300 g/mol. The maximum absolute atomic E-state index is 14.1. The fraction of sp³-hybridized carbons (Fsp3) is 0.125. The fourth-order valence-corrected chi connectivity index (χ4v) is 2.91. The zero-order valence-corrected chi connectivity index (χ0v) is 12.1. The molecule has 1 heterocycles. The van der Waals surface area contributed by atoms with Crippen molar-refractivity contribution in [3.63, 3.8) is 0 Å². The number of hydrogen-bond donors (Lipinski definition) is 1. The van der Waals surface area contributed by atoms with Gasteiger partial charge in [0.25, 0.3) is 0 Å². The lowest BCUT2D eigenvalue weighted by Gasteiger charge is -2.08. The summed E-state index contributed by atoms with van der Waals surface area (Å²) < 4.78 is 14.1. The molecule has 3 nitrogen and oxygen atoms in total. The Bertz CT molecular complexity index is 787. The van der Waals surface area contributed by atoms with Gasteiger partial charge in [0.1, 0.15) is 17.2 Å². The first kappa shape index (κ1) is 14.0. The van der Waals surface area contributed by atoms with E-state index in [1.807, 2.05) is 24.3 Å². The van der Waals surface area contributed by atoms with Gasteiger partial charge in [0.05, 0.1) is 11.6 Å². The lowest BCUT2D eigenvalue weighted by atomic mass is 10.1. The second kappa shape index (κ2) is 5.79. The van der Waals surface area contributed by atoms with Crippen molar-refractivity contribution < 1.29 is 9.50 Å². The molecule has 0 saturated heterocycles. The Hall–Kier alpha value is -1.98. The Kier molecular flexibility index (Phi) is 3.86. The molecule has 0 aliphatic heterocycles. The molecule has 106 valence electrons. The standard InChI is InChI=1S/C16H13FN2OS/c1-10(20)11-6-7-15(13(17)8-11)21-16-12-4-2-3-5-14(12)18-9-19-16/h2-10,20H,1H3. The molecule has 5 heteroatoms. The van der Waals surface area contributed by atoms with E-state index in [1.54, 1.807) is 19.1 Å². The van der Waals surface area contributed by atoms with Crippen LogP contribution in [-0.2, 0) is 0 Å². The van der Waals surface area contributed by atoms with Crippen molar-refractivity contribution in [2.24, 2.45) is 0 Å². The molecular formula is C16H13FN2OS. The van der Waals surface area contributed by atoms with Gasteiger partial charge in [-0.3, -0.25) is 0 Å². The first-order chi connectivity index (χ1) is 10.1. The predicted octanol–water partition coefficient (Wildman–Crippen LogP) is 3.97. The van der Waals surface area contributed by atoms with Crippen LogP contribution in [0.4, 0.5) is 4.39 Å². The molecule has 21 heavy (non-hydrogen) atoms. The molecule has 0 fully saturated rings. The van der Waals surface area contributed by atoms with Crippen molar-refractivity contribution >= 4 is 22.7 Å². The van der Waals surface area contributed by atoms with Crippen LogP contribution in [0, 0.1) is 5.82 Å². The normalized spacial score (nSPS) is 12.5. The molecule has 0 radical (unpaired) electrons. The number of rotatable bonds is 3. The minimum atomic E-state index is -0.682. The number of nitrogens with zero attached hydrogens (tertiary/aromatic N) is 2. The summed E-state index contributed by atoms with van der Waals surface area (Å²) >= 11 is 1.26. The quantitative estimate of drug-likeness (QED) is 0.743. The number of fused-ring (bicyclic) bond motifs is 1. The molecule has 1 aromatic heterocycles. The molecule has 0 saturated carbocycles.